The molecule has 1 N–H and O–H groups in total. The van der Waals surface area contributed by atoms with Gasteiger partial charge in [-0.1, -0.05) is 6.92 Å². The van der Waals surface area contributed by atoms with Gasteiger partial charge in [-0.15, -0.1) is 0 Å². The minimum absolute atomic E-state index is 0.231. The van der Waals surface area contributed by atoms with Gasteiger partial charge in [-0.2, -0.15) is 0 Å². The number of allylic oxidation sites excluding steroid dienone is 1. The summed E-state index contributed by atoms with van der Waals surface area (Å²) in [5.74, 6) is 0.766. The van der Waals surface area contributed by atoms with Crippen LogP contribution in [0.5, 0.6) is 0 Å². The van der Waals surface area contributed by atoms with Gasteiger partial charge in [-0.05, 0) is 37.0 Å². The zero-order chi connectivity index (χ0) is 16.0. The molecule has 23 heavy (non-hydrogen) atoms. The normalized spacial score (nSPS) is 24.3. The molecule has 0 unspecified atom stereocenters. The average Bonchev–Trinajstić information content (AvgIpc) is 3.11. The van der Waals surface area contributed by atoms with Crippen LogP contribution in [0.1, 0.15) is 25.3 Å². The van der Waals surface area contributed by atoms with Crippen molar-refractivity contribution in [1.82, 2.24) is 4.90 Å². The minimum Gasteiger partial charge on any atom is -0.486 e. The minimum atomic E-state index is -0.360. The first-order valence-corrected chi connectivity index (χ1v) is 8.05. The van der Waals surface area contributed by atoms with Gasteiger partial charge < -0.3 is 15.0 Å². The number of hydrogen-bond acceptors (Lipinski definition) is 3. The van der Waals surface area contributed by atoms with Crippen LogP contribution >= 0.6 is 0 Å². The molecule has 0 spiro atoms. The molecule has 5 heteroatoms. The molecule has 4 rings (SSSR count). The Morgan fingerprint density at radius 3 is 2.87 bits per heavy atom. The lowest BCUT2D eigenvalue weighted by atomic mass is 9.99. The number of piperidine rings is 1. The second kappa shape index (κ2) is 5.41. The zero-order valence-electron chi connectivity index (χ0n) is 13.1. The summed E-state index contributed by atoms with van der Waals surface area (Å²) in [6, 6.07) is 4.33. The molecule has 0 bridgehead atoms. The van der Waals surface area contributed by atoms with Crippen molar-refractivity contribution >= 4 is 17.2 Å². The van der Waals surface area contributed by atoms with Gasteiger partial charge in [0.1, 0.15) is 18.2 Å². The summed E-state index contributed by atoms with van der Waals surface area (Å²) in [7, 11) is 0. The summed E-state index contributed by atoms with van der Waals surface area (Å²) < 4.78 is 19.1. The van der Waals surface area contributed by atoms with E-state index in [0.29, 0.717) is 29.2 Å². The van der Waals surface area contributed by atoms with Crippen molar-refractivity contribution in [2.45, 2.75) is 19.8 Å². The van der Waals surface area contributed by atoms with Crippen molar-refractivity contribution < 1.29 is 13.9 Å². The van der Waals surface area contributed by atoms with Gasteiger partial charge in [0, 0.05) is 24.7 Å². The van der Waals surface area contributed by atoms with Gasteiger partial charge in [0.15, 0.2) is 0 Å². The Morgan fingerprint density at radius 1 is 1.30 bits per heavy atom. The quantitative estimate of drug-likeness (QED) is 0.810. The molecule has 0 aromatic heterocycles. The van der Waals surface area contributed by atoms with Crippen LogP contribution in [0.2, 0.25) is 0 Å². The SMILES string of the molecule is CC1CCN(C2=C/C(=C3\C(=O)Nc4cc(F)ccc43)OC2)CC1. The van der Waals surface area contributed by atoms with E-state index in [-0.39, 0.29) is 11.7 Å². The predicted octanol–water partition coefficient (Wildman–Crippen LogP) is 3.13. The van der Waals surface area contributed by atoms with Crippen LogP contribution in [0, 0.1) is 11.7 Å². The molecule has 1 amide bonds. The van der Waals surface area contributed by atoms with E-state index in [1.807, 2.05) is 6.08 Å². The summed E-state index contributed by atoms with van der Waals surface area (Å²) in [4.78, 5) is 14.6. The van der Waals surface area contributed by atoms with Crippen molar-refractivity contribution in [3.63, 3.8) is 0 Å². The van der Waals surface area contributed by atoms with Crippen LogP contribution in [0.3, 0.4) is 0 Å². The number of benzene rings is 1. The lowest BCUT2D eigenvalue weighted by Crippen LogP contribution is -2.32. The number of amides is 1. The Morgan fingerprint density at radius 2 is 2.09 bits per heavy atom. The maximum atomic E-state index is 13.3. The first-order valence-electron chi connectivity index (χ1n) is 8.05. The van der Waals surface area contributed by atoms with E-state index in [2.05, 4.69) is 17.1 Å². The van der Waals surface area contributed by atoms with E-state index < -0.39 is 0 Å². The largest absolute Gasteiger partial charge is 0.486 e. The molecule has 1 saturated heterocycles. The molecule has 3 heterocycles. The van der Waals surface area contributed by atoms with Crippen molar-refractivity contribution in [1.29, 1.82) is 0 Å². The van der Waals surface area contributed by atoms with Crippen LogP contribution in [-0.4, -0.2) is 30.5 Å². The number of rotatable bonds is 1. The molecule has 1 fully saturated rings. The predicted molar refractivity (Wildman–Crippen MR) is 86.0 cm³/mol. The molecule has 3 aliphatic rings. The first-order chi connectivity index (χ1) is 11.1. The third-order valence-corrected chi connectivity index (χ3v) is 4.84. The maximum Gasteiger partial charge on any atom is 0.260 e. The van der Waals surface area contributed by atoms with Crippen LogP contribution in [0.15, 0.2) is 35.7 Å². The Balaban J connectivity index is 1.66. The first kappa shape index (κ1) is 14.3. The smallest absolute Gasteiger partial charge is 0.260 e. The average molecular weight is 314 g/mol. The van der Waals surface area contributed by atoms with Crippen LogP contribution in [-0.2, 0) is 9.53 Å². The molecule has 120 valence electrons. The van der Waals surface area contributed by atoms with Gasteiger partial charge >= 0.3 is 0 Å². The van der Waals surface area contributed by atoms with Crippen LogP contribution in [0.25, 0.3) is 5.57 Å². The second-order valence-electron chi connectivity index (χ2n) is 6.48. The third-order valence-electron chi connectivity index (χ3n) is 4.84. The molecule has 1 aromatic rings. The lowest BCUT2D eigenvalue weighted by Gasteiger charge is -2.32. The summed E-state index contributed by atoms with van der Waals surface area (Å²) in [6.07, 6.45) is 4.33. The van der Waals surface area contributed by atoms with Crippen molar-refractivity contribution in [3.05, 3.63) is 47.1 Å². The van der Waals surface area contributed by atoms with Gasteiger partial charge in [-0.3, -0.25) is 4.79 Å². The van der Waals surface area contributed by atoms with Crippen molar-refractivity contribution in [2.75, 3.05) is 25.0 Å². The summed E-state index contributed by atoms with van der Waals surface area (Å²) >= 11 is 0. The van der Waals surface area contributed by atoms with E-state index in [1.54, 1.807) is 6.07 Å². The monoisotopic (exact) mass is 314 g/mol. The molecule has 0 radical (unpaired) electrons. The number of nitrogens with one attached hydrogen (secondary N) is 1. The summed E-state index contributed by atoms with van der Waals surface area (Å²) in [6.45, 7) is 4.85. The maximum absolute atomic E-state index is 13.3. The lowest BCUT2D eigenvalue weighted by molar-refractivity contribution is -0.110. The van der Waals surface area contributed by atoms with E-state index in [0.717, 1.165) is 24.7 Å². The van der Waals surface area contributed by atoms with Crippen LogP contribution in [0.4, 0.5) is 10.1 Å². The van der Waals surface area contributed by atoms with E-state index in [9.17, 15) is 9.18 Å². The van der Waals surface area contributed by atoms with E-state index in [1.165, 1.54) is 25.0 Å². The molecular weight excluding hydrogens is 295 g/mol. The molecule has 0 saturated carbocycles. The van der Waals surface area contributed by atoms with Gasteiger partial charge in [-0.25, -0.2) is 4.39 Å². The Kier molecular flexibility index (Phi) is 3.36. The fraction of sp³-hybridized carbons (Fsp3) is 0.389. The highest BCUT2D eigenvalue weighted by Gasteiger charge is 2.31. The fourth-order valence-electron chi connectivity index (χ4n) is 3.40. The highest BCUT2D eigenvalue weighted by Crippen LogP contribution is 2.37. The van der Waals surface area contributed by atoms with Crippen molar-refractivity contribution in [2.24, 2.45) is 5.92 Å². The van der Waals surface area contributed by atoms with Gasteiger partial charge in [0.05, 0.1) is 17.0 Å². The van der Waals surface area contributed by atoms with Gasteiger partial charge in [0.25, 0.3) is 5.91 Å². The summed E-state index contributed by atoms with van der Waals surface area (Å²) in [5, 5.41) is 2.71. The second-order valence-corrected chi connectivity index (χ2v) is 6.48. The molecular formula is C18H19FN2O2. The number of fused-ring (bicyclic) bond motifs is 1. The van der Waals surface area contributed by atoms with E-state index >= 15 is 0 Å². The fourth-order valence-corrected chi connectivity index (χ4v) is 3.40. The molecule has 0 aliphatic carbocycles. The molecule has 1 aromatic carbocycles. The number of ether oxygens (including phenoxy) is 1. The van der Waals surface area contributed by atoms with E-state index in [4.69, 9.17) is 4.74 Å². The Bertz CT molecular complexity index is 731. The highest BCUT2D eigenvalue weighted by molar-refractivity contribution is 6.32. The highest BCUT2D eigenvalue weighted by atomic mass is 19.1. The number of likely N-dealkylation sites (tertiary alicyclic amines) is 1. The van der Waals surface area contributed by atoms with Crippen LogP contribution < -0.4 is 5.32 Å². The summed E-state index contributed by atoms with van der Waals surface area (Å²) in [5.41, 5.74) is 2.84. The van der Waals surface area contributed by atoms with Gasteiger partial charge in [0.2, 0.25) is 0 Å². The Hall–Kier alpha value is -2.30. The number of halogens is 1. The number of nitrogens with zero attached hydrogens (tertiary/aromatic N) is 1. The van der Waals surface area contributed by atoms with Crippen molar-refractivity contribution in [3.8, 4) is 0 Å². The number of carbonyl (C=O) groups excluding carboxylic acids is 1. The number of carbonyl (C=O) groups is 1. The topological polar surface area (TPSA) is 41.6 Å². The standard InChI is InChI=1S/C18H19FN2O2/c1-11-4-6-21(7-5-11)13-9-16(23-10-13)17-14-3-2-12(19)8-15(14)20-18(17)22/h2-3,8-9,11H,4-7,10H2,1H3,(H,20,22)/b17-16+. The Labute approximate surface area is 134 Å². The third kappa shape index (κ3) is 2.50. The molecule has 3 aliphatic heterocycles. The number of hydrogen-bond donors (Lipinski definition) is 1. The molecule has 4 nitrogen and oxygen atoms in total. The zero-order valence-corrected chi connectivity index (χ0v) is 13.1. The number of anilines is 1. The molecule has 0 atom stereocenters.